The SMILES string of the molecule is C[C@@H](OC(=O)CCNS(=O)(=O)c1ccc2c(c1)OCCCO2)C(=O)NC1CCCC1. The molecule has 1 aromatic carbocycles. The molecule has 0 bridgehead atoms. The van der Waals surface area contributed by atoms with Gasteiger partial charge in [0.1, 0.15) is 0 Å². The smallest absolute Gasteiger partial charge is 0.307 e. The molecule has 10 heteroatoms. The number of hydrogen-bond donors (Lipinski definition) is 2. The Balaban J connectivity index is 1.46. The first-order chi connectivity index (χ1) is 14.3. The van der Waals surface area contributed by atoms with Crippen LogP contribution in [0.25, 0.3) is 0 Å². The molecule has 1 heterocycles. The number of sulfonamides is 1. The van der Waals surface area contributed by atoms with E-state index >= 15 is 0 Å². The summed E-state index contributed by atoms with van der Waals surface area (Å²) >= 11 is 0. The molecule has 30 heavy (non-hydrogen) atoms. The highest BCUT2D eigenvalue weighted by Crippen LogP contribution is 2.31. The largest absolute Gasteiger partial charge is 0.490 e. The number of hydrogen-bond acceptors (Lipinski definition) is 7. The van der Waals surface area contributed by atoms with Crippen molar-refractivity contribution in [1.82, 2.24) is 10.0 Å². The first-order valence-electron chi connectivity index (χ1n) is 10.2. The maximum absolute atomic E-state index is 12.5. The lowest BCUT2D eigenvalue weighted by molar-refractivity contribution is -0.154. The molecule has 0 radical (unpaired) electrons. The van der Waals surface area contributed by atoms with Gasteiger partial charge < -0.3 is 19.5 Å². The maximum atomic E-state index is 12.5. The average molecular weight is 441 g/mol. The average Bonchev–Trinajstić information content (AvgIpc) is 3.09. The Labute approximate surface area is 176 Å². The maximum Gasteiger partial charge on any atom is 0.307 e. The first kappa shape index (κ1) is 22.4. The van der Waals surface area contributed by atoms with Crippen LogP contribution in [-0.4, -0.2) is 52.2 Å². The minimum absolute atomic E-state index is 0.0180. The molecule has 1 aliphatic heterocycles. The molecule has 3 rings (SSSR count). The van der Waals surface area contributed by atoms with Gasteiger partial charge in [0.05, 0.1) is 24.5 Å². The van der Waals surface area contributed by atoms with E-state index in [1.165, 1.54) is 19.1 Å². The van der Waals surface area contributed by atoms with Crippen molar-refractivity contribution in [2.45, 2.75) is 62.5 Å². The number of fused-ring (bicyclic) bond motifs is 1. The zero-order chi connectivity index (χ0) is 21.6. The normalized spacial score (nSPS) is 17.8. The summed E-state index contributed by atoms with van der Waals surface area (Å²) in [6.45, 7) is 2.32. The van der Waals surface area contributed by atoms with Gasteiger partial charge in [-0.1, -0.05) is 12.8 Å². The number of ether oxygens (including phenoxy) is 3. The van der Waals surface area contributed by atoms with Crippen LogP contribution in [0, 0.1) is 0 Å². The van der Waals surface area contributed by atoms with E-state index in [2.05, 4.69) is 10.0 Å². The van der Waals surface area contributed by atoms with E-state index in [9.17, 15) is 18.0 Å². The number of esters is 1. The second-order valence-corrected chi connectivity index (χ2v) is 9.20. The Kier molecular flexibility index (Phi) is 7.54. The van der Waals surface area contributed by atoms with Crippen LogP contribution in [0.1, 0.15) is 45.4 Å². The van der Waals surface area contributed by atoms with E-state index in [1.54, 1.807) is 6.07 Å². The molecule has 0 saturated heterocycles. The number of carbonyl (C=O) groups excluding carboxylic acids is 2. The van der Waals surface area contributed by atoms with Gasteiger partial charge in [-0.25, -0.2) is 13.1 Å². The second kappa shape index (κ2) is 10.1. The van der Waals surface area contributed by atoms with Gasteiger partial charge >= 0.3 is 5.97 Å². The summed E-state index contributed by atoms with van der Waals surface area (Å²) in [5.41, 5.74) is 0. The topological polar surface area (TPSA) is 120 Å². The standard InChI is InChI=1S/C20H28N2O7S/c1-14(20(24)22-15-5-2-3-6-15)29-19(23)9-10-21-30(25,26)16-7-8-17-18(13-16)28-12-4-11-27-17/h7-8,13-15,21H,2-6,9-12H2,1H3,(H,22,24)/t14-/m1/s1. The third kappa shape index (κ3) is 6.09. The van der Waals surface area contributed by atoms with E-state index in [0.29, 0.717) is 31.1 Å². The Morgan fingerprint density at radius 2 is 1.83 bits per heavy atom. The van der Waals surface area contributed by atoms with Gasteiger partial charge in [0, 0.05) is 25.1 Å². The van der Waals surface area contributed by atoms with Crippen molar-refractivity contribution >= 4 is 21.9 Å². The van der Waals surface area contributed by atoms with Crippen molar-refractivity contribution in [3.05, 3.63) is 18.2 Å². The Morgan fingerprint density at radius 3 is 2.57 bits per heavy atom. The van der Waals surface area contributed by atoms with Crippen LogP contribution >= 0.6 is 0 Å². The summed E-state index contributed by atoms with van der Waals surface area (Å²) in [7, 11) is -3.83. The van der Waals surface area contributed by atoms with Crippen LogP contribution in [0.3, 0.4) is 0 Å². The summed E-state index contributed by atoms with van der Waals surface area (Å²) < 4.78 is 43.4. The van der Waals surface area contributed by atoms with Gasteiger partial charge in [0.25, 0.3) is 5.91 Å². The van der Waals surface area contributed by atoms with E-state index in [-0.39, 0.29) is 29.8 Å². The molecule has 1 aromatic rings. The molecular weight excluding hydrogens is 412 g/mol. The molecule has 0 spiro atoms. The van der Waals surface area contributed by atoms with Crippen LogP contribution in [0.15, 0.2) is 23.1 Å². The molecule has 0 aromatic heterocycles. The zero-order valence-corrected chi connectivity index (χ0v) is 17.8. The molecule has 1 atom stereocenters. The van der Waals surface area contributed by atoms with Crippen molar-refractivity contribution in [2.24, 2.45) is 0 Å². The van der Waals surface area contributed by atoms with Gasteiger partial charge in [-0.2, -0.15) is 0 Å². The van der Waals surface area contributed by atoms with Gasteiger partial charge in [-0.3, -0.25) is 9.59 Å². The zero-order valence-electron chi connectivity index (χ0n) is 17.0. The van der Waals surface area contributed by atoms with Gasteiger partial charge in [-0.15, -0.1) is 0 Å². The van der Waals surface area contributed by atoms with Gasteiger partial charge in [0.2, 0.25) is 10.0 Å². The molecule has 166 valence electrons. The quantitative estimate of drug-likeness (QED) is 0.588. The molecule has 0 unspecified atom stereocenters. The van der Waals surface area contributed by atoms with Crippen LogP contribution in [0.4, 0.5) is 0 Å². The molecule has 9 nitrogen and oxygen atoms in total. The first-order valence-corrected chi connectivity index (χ1v) is 11.7. The summed E-state index contributed by atoms with van der Waals surface area (Å²) in [6, 6.07) is 4.51. The lowest BCUT2D eigenvalue weighted by atomic mass is 10.2. The minimum Gasteiger partial charge on any atom is -0.490 e. The van der Waals surface area contributed by atoms with Crippen LogP contribution < -0.4 is 19.5 Å². The van der Waals surface area contributed by atoms with Gasteiger partial charge in [-0.05, 0) is 31.9 Å². The molecule has 1 aliphatic carbocycles. The summed E-state index contributed by atoms with van der Waals surface area (Å²) in [4.78, 5) is 24.1. The number of carbonyl (C=O) groups is 2. The van der Waals surface area contributed by atoms with E-state index < -0.39 is 22.1 Å². The van der Waals surface area contributed by atoms with Crippen molar-refractivity contribution < 1.29 is 32.2 Å². The number of amides is 1. The Bertz CT molecular complexity index is 866. The third-order valence-electron chi connectivity index (χ3n) is 5.03. The van der Waals surface area contributed by atoms with Crippen molar-refractivity contribution in [2.75, 3.05) is 19.8 Å². The van der Waals surface area contributed by atoms with E-state index in [1.807, 2.05) is 0 Å². The number of benzene rings is 1. The molecule has 2 N–H and O–H groups in total. The summed E-state index contributed by atoms with van der Waals surface area (Å²) in [6.07, 6.45) is 3.66. The lowest BCUT2D eigenvalue weighted by Crippen LogP contribution is -2.41. The summed E-state index contributed by atoms with van der Waals surface area (Å²) in [5.74, 6) is -0.106. The van der Waals surface area contributed by atoms with Crippen molar-refractivity contribution in [1.29, 1.82) is 0 Å². The molecular formula is C20H28N2O7S. The van der Waals surface area contributed by atoms with E-state index in [4.69, 9.17) is 14.2 Å². The molecule has 1 amide bonds. The fourth-order valence-corrected chi connectivity index (χ4v) is 4.43. The summed E-state index contributed by atoms with van der Waals surface area (Å²) in [5, 5.41) is 2.87. The predicted octanol–water partition coefficient (Wildman–Crippen LogP) is 1.51. The van der Waals surface area contributed by atoms with Crippen molar-refractivity contribution in [3.63, 3.8) is 0 Å². The fraction of sp³-hybridized carbons (Fsp3) is 0.600. The lowest BCUT2D eigenvalue weighted by Gasteiger charge is -2.17. The Morgan fingerprint density at radius 1 is 1.13 bits per heavy atom. The number of rotatable bonds is 8. The van der Waals surface area contributed by atoms with E-state index in [0.717, 1.165) is 25.7 Å². The number of nitrogens with one attached hydrogen (secondary N) is 2. The third-order valence-corrected chi connectivity index (χ3v) is 6.49. The Hall–Kier alpha value is -2.33. The van der Waals surface area contributed by atoms with Crippen LogP contribution in [0.5, 0.6) is 11.5 Å². The highest BCUT2D eigenvalue weighted by Gasteiger charge is 2.23. The fourth-order valence-electron chi connectivity index (χ4n) is 3.38. The van der Waals surface area contributed by atoms with Crippen LogP contribution in [-0.2, 0) is 24.3 Å². The van der Waals surface area contributed by atoms with Gasteiger partial charge in [0.15, 0.2) is 17.6 Å². The predicted molar refractivity (Wildman–Crippen MR) is 108 cm³/mol. The van der Waals surface area contributed by atoms with Crippen molar-refractivity contribution in [3.8, 4) is 11.5 Å². The highest BCUT2D eigenvalue weighted by molar-refractivity contribution is 7.89. The van der Waals surface area contributed by atoms with Crippen LogP contribution in [0.2, 0.25) is 0 Å². The molecule has 1 saturated carbocycles. The second-order valence-electron chi connectivity index (χ2n) is 7.43. The minimum atomic E-state index is -3.83. The molecule has 2 aliphatic rings. The monoisotopic (exact) mass is 440 g/mol. The highest BCUT2D eigenvalue weighted by atomic mass is 32.2. The molecule has 1 fully saturated rings.